The Balaban J connectivity index is 1.63. The van der Waals surface area contributed by atoms with Gasteiger partial charge in [0.1, 0.15) is 11.6 Å². The summed E-state index contributed by atoms with van der Waals surface area (Å²) in [5.41, 5.74) is 1.10. The van der Waals surface area contributed by atoms with Gasteiger partial charge in [0, 0.05) is 18.3 Å². The molecule has 0 saturated carbocycles. The first-order valence-corrected chi connectivity index (χ1v) is 6.79. The topological polar surface area (TPSA) is 67.0 Å². The van der Waals surface area contributed by atoms with E-state index < -0.39 is 0 Å². The molecule has 0 bridgehead atoms. The SMILES string of the molecule is O=C(NCc1ncc[nH]1)[C@@H]1CCOc2ccccc2C1. The van der Waals surface area contributed by atoms with Gasteiger partial charge in [0.05, 0.1) is 13.2 Å². The highest BCUT2D eigenvalue weighted by atomic mass is 16.5. The molecule has 2 aromatic rings. The number of carbonyl (C=O) groups is 1. The minimum absolute atomic E-state index is 0.0476. The Bertz CT molecular complexity index is 581. The van der Waals surface area contributed by atoms with Crippen LogP contribution in [0.25, 0.3) is 0 Å². The molecule has 1 aromatic carbocycles. The number of para-hydroxylation sites is 1. The first kappa shape index (κ1) is 12.7. The van der Waals surface area contributed by atoms with E-state index in [1.165, 1.54) is 0 Å². The number of ether oxygens (including phenoxy) is 1. The molecule has 1 aliphatic heterocycles. The molecular formula is C15H17N3O2. The molecule has 104 valence electrons. The van der Waals surface area contributed by atoms with Crippen molar-refractivity contribution in [3.63, 3.8) is 0 Å². The molecule has 5 nitrogen and oxygen atoms in total. The van der Waals surface area contributed by atoms with Gasteiger partial charge in [-0.15, -0.1) is 0 Å². The van der Waals surface area contributed by atoms with Crippen molar-refractivity contribution in [1.29, 1.82) is 0 Å². The smallest absolute Gasteiger partial charge is 0.223 e. The minimum Gasteiger partial charge on any atom is -0.493 e. The van der Waals surface area contributed by atoms with Crippen molar-refractivity contribution < 1.29 is 9.53 Å². The Labute approximate surface area is 117 Å². The maximum absolute atomic E-state index is 12.2. The van der Waals surface area contributed by atoms with E-state index in [0.717, 1.165) is 30.0 Å². The zero-order valence-electron chi connectivity index (χ0n) is 11.1. The van der Waals surface area contributed by atoms with Crippen molar-refractivity contribution in [1.82, 2.24) is 15.3 Å². The van der Waals surface area contributed by atoms with Gasteiger partial charge in [-0.2, -0.15) is 0 Å². The molecule has 1 aromatic heterocycles. The average Bonchev–Trinajstić information content (AvgIpc) is 2.89. The van der Waals surface area contributed by atoms with E-state index in [-0.39, 0.29) is 11.8 Å². The second-order valence-corrected chi connectivity index (χ2v) is 4.90. The van der Waals surface area contributed by atoms with E-state index in [4.69, 9.17) is 4.74 Å². The highest BCUT2D eigenvalue weighted by molar-refractivity contribution is 5.79. The van der Waals surface area contributed by atoms with Crippen molar-refractivity contribution in [3.05, 3.63) is 48.0 Å². The number of rotatable bonds is 3. The molecule has 0 unspecified atom stereocenters. The number of aromatic amines is 1. The number of H-pyrrole nitrogens is 1. The number of aromatic nitrogens is 2. The van der Waals surface area contributed by atoms with E-state index in [0.29, 0.717) is 13.2 Å². The van der Waals surface area contributed by atoms with Crippen molar-refractivity contribution in [2.24, 2.45) is 5.92 Å². The summed E-state index contributed by atoms with van der Waals surface area (Å²) in [4.78, 5) is 19.3. The molecule has 1 amide bonds. The zero-order valence-corrected chi connectivity index (χ0v) is 11.1. The molecule has 0 aliphatic carbocycles. The zero-order chi connectivity index (χ0) is 13.8. The number of fused-ring (bicyclic) bond motifs is 1. The lowest BCUT2D eigenvalue weighted by Crippen LogP contribution is -2.32. The molecule has 0 fully saturated rings. The standard InChI is InChI=1S/C15H17N3O2/c19-15(18-10-14-16-6-7-17-14)12-5-8-20-13-4-2-1-3-11(13)9-12/h1-4,6-7,12H,5,8-10H2,(H,16,17)(H,18,19)/t12-/m1/s1. The van der Waals surface area contributed by atoms with Crippen molar-refractivity contribution in [2.75, 3.05) is 6.61 Å². The number of nitrogens with zero attached hydrogens (tertiary/aromatic N) is 1. The van der Waals surface area contributed by atoms with Gasteiger partial charge in [-0.05, 0) is 24.5 Å². The van der Waals surface area contributed by atoms with Crippen molar-refractivity contribution in [2.45, 2.75) is 19.4 Å². The van der Waals surface area contributed by atoms with E-state index in [1.54, 1.807) is 12.4 Å². The highest BCUT2D eigenvalue weighted by Crippen LogP contribution is 2.26. The lowest BCUT2D eigenvalue weighted by molar-refractivity contribution is -0.125. The molecule has 3 rings (SSSR count). The van der Waals surface area contributed by atoms with E-state index >= 15 is 0 Å². The summed E-state index contributed by atoms with van der Waals surface area (Å²) in [5.74, 6) is 1.67. The monoisotopic (exact) mass is 271 g/mol. The summed E-state index contributed by atoms with van der Waals surface area (Å²) in [7, 11) is 0. The van der Waals surface area contributed by atoms with Crippen LogP contribution >= 0.6 is 0 Å². The van der Waals surface area contributed by atoms with Gasteiger partial charge in [-0.1, -0.05) is 18.2 Å². The fraction of sp³-hybridized carbons (Fsp3) is 0.333. The lowest BCUT2D eigenvalue weighted by Gasteiger charge is -2.13. The van der Waals surface area contributed by atoms with Gasteiger partial charge < -0.3 is 15.0 Å². The normalized spacial score (nSPS) is 17.7. The molecule has 0 saturated heterocycles. The Hall–Kier alpha value is -2.30. The molecular weight excluding hydrogens is 254 g/mol. The molecule has 1 atom stereocenters. The molecule has 2 N–H and O–H groups in total. The van der Waals surface area contributed by atoms with Crippen LogP contribution in [0.1, 0.15) is 17.8 Å². The van der Waals surface area contributed by atoms with Crippen LogP contribution in [0.15, 0.2) is 36.7 Å². The predicted molar refractivity (Wildman–Crippen MR) is 74.2 cm³/mol. The maximum Gasteiger partial charge on any atom is 0.223 e. The summed E-state index contributed by atoms with van der Waals surface area (Å²) >= 11 is 0. The number of amides is 1. The fourth-order valence-electron chi connectivity index (χ4n) is 2.43. The predicted octanol–water partition coefficient (Wildman–Crippen LogP) is 1.67. The van der Waals surface area contributed by atoms with Gasteiger partial charge in [-0.3, -0.25) is 4.79 Å². The van der Waals surface area contributed by atoms with Gasteiger partial charge >= 0.3 is 0 Å². The van der Waals surface area contributed by atoms with E-state index in [1.807, 2.05) is 24.3 Å². The molecule has 5 heteroatoms. The summed E-state index contributed by atoms with van der Waals surface area (Å²) < 4.78 is 5.68. The maximum atomic E-state index is 12.2. The van der Waals surface area contributed by atoms with Crippen LogP contribution in [0.3, 0.4) is 0 Å². The fourth-order valence-corrected chi connectivity index (χ4v) is 2.43. The number of hydrogen-bond acceptors (Lipinski definition) is 3. The third-order valence-electron chi connectivity index (χ3n) is 3.52. The van der Waals surface area contributed by atoms with Crippen LogP contribution in [0.2, 0.25) is 0 Å². The first-order valence-electron chi connectivity index (χ1n) is 6.79. The van der Waals surface area contributed by atoms with Crippen LogP contribution in [0.4, 0.5) is 0 Å². The number of imidazole rings is 1. The molecule has 0 spiro atoms. The Morgan fingerprint density at radius 1 is 1.45 bits per heavy atom. The molecule has 0 radical (unpaired) electrons. The Morgan fingerprint density at radius 2 is 2.35 bits per heavy atom. The van der Waals surface area contributed by atoms with Gasteiger partial charge in [0.2, 0.25) is 5.91 Å². The van der Waals surface area contributed by atoms with Crippen LogP contribution in [-0.2, 0) is 17.8 Å². The molecule has 1 aliphatic rings. The molecule has 2 heterocycles. The number of hydrogen-bond donors (Lipinski definition) is 2. The minimum atomic E-state index is -0.0476. The van der Waals surface area contributed by atoms with E-state index in [9.17, 15) is 4.79 Å². The number of benzene rings is 1. The van der Waals surface area contributed by atoms with Crippen LogP contribution in [0, 0.1) is 5.92 Å². The second-order valence-electron chi connectivity index (χ2n) is 4.90. The van der Waals surface area contributed by atoms with Gasteiger partial charge in [0.25, 0.3) is 0 Å². The number of nitrogens with one attached hydrogen (secondary N) is 2. The molecule has 20 heavy (non-hydrogen) atoms. The lowest BCUT2D eigenvalue weighted by atomic mass is 9.96. The summed E-state index contributed by atoms with van der Waals surface area (Å²) in [5, 5.41) is 2.93. The van der Waals surface area contributed by atoms with Crippen LogP contribution < -0.4 is 10.1 Å². The Kier molecular flexibility index (Phi) is 3.67. The van der Waals surface area contributed by atoms with Crippen molar-refractivity contribution in [3.8, 4) is 5.75 Å². The Morgan fingerprint density at radius 3 is 3.20 bits per heavy atom. The van der Waals surface area contributed by atoms with Crippen LogP contribution in [-0.4, -0.2) is 22.5 Å². The van der Waals surface area contributed by atoms with Gasteiger partial charge in [0.15, 0.2) is 0 Å². The van der Waals surface area contributed by atoms with Crippen LogP contribution in [0.5, 0.6) is 5.75 Å². The summed E-state index contributed by atoms with van der Waals surface area (Å²) in [6.07, 6.45) is 4.88. The van der Waals surface area contributed by atoms with Gasteiger partial charge in [-0.25, -0.2) is 4.98 Å². The summed E-state index contributed by atoms with van der Waals surface area (Å²) in [6, 6.07) is 7.91. The summed E-state index contributed by atoms with van der Waals surface area (Å²) in [6.45, 7) is 1.01. The first-order chi connectivity index (χ1) is 9.83. The third kappa shape index (κ3) is 2.82. The van der Waals surface area contributed by atoms with E-state index in [2.05, 4.69) is 15.3 Å². The highest BCUT2D eigenvalue weighted by Gasteiger charge is 2.23. The quantitative estimate of drug-likeness (QED) is 0.892. The average molecular weight is 271 g/mol. The largest absolute Gasteiger partial charge is 0.493 e. The number of carbonyl (C=O) groups excluding carboxylic acids is 1. The van der Waals surface area contributed by atoms with Crippen molar-refractivity contribution >= 4 is 5.91 Å². The second kappa shape index (κ2) is 5.77. The third-order valence-corrected chi connectivity index (χ3v) is 3.52.